The number of carbonyl (C=O) groups excluding carboxylic acids is 2. The number of unbranched alkanes of at least 4 members (excludes halogenated alkanes) is 1. The summed E-state index contributed by atoms with van der Waals surface area (Å²) in [6, 6.07) is 6.77. The van der Waals surface area contributed by atoms with Gasteiger partial charge in [-0.2, -0.15) is 13.2 Å². The standard InChI is InChI=1S/C23H24F4N2O5S/c1-34-15-7-5-14(6-8-15)12-29-19-10-16(20(30)4-2-3-9-23(25,26)27)17(24)11-21(19)35(32,33)13-18(28)22(29)31/h5-8,10-11,18H,2-4,9,12-13,28H2,1H3/t18-/m0/s1. The van der Waals surface area contributed by atoms with Gasteiger partial charge in [0.1, 0.15) is 11.6 Å². The van der Waals surface area contributed by atoms with Crippen molar-refractivity contribution in [3.63, 3.8) is 0 Å². The van der Waals surface area contributed by atoms with Crippen molar-refractivity contribution < 1.29 is 40.3 Å². The van der Waals surface area contributed by atoms with Crippen LogP contribution >= 0.6 is 0 Å². The van der Waals surface area contributed by atoms with Crippen molar-refractivity contribution in [2.24, 2.45) is 5.73 Å². The van der Waals surface area contributed by atoms with E-state index in [1.165, 1.54) is 7.11 Å². The van der Waals surface area contributed by atoms with E-state index in [1.54, 1.807) is 24.3 Å². The highest BCUT2D eigenvalue weighted by Gasteiger charge is 2.37. The molecule has 2 N–H and O–H groups in total. The highest BCUT2D eigenvalue weighted by molar-refractivity contribution is 7.91. The second-order valence-corrected chi connectivity index (χ2v) is 10.2. The molecule has 0 bridgehead atoms. The van der Waals surface area contributed by atoms with E-state index >= 15 is 0 Å². The molecule has 2 aromatic carbocycles. The number of ketones is 1. The molecule has 0 radical (unpaired) electrons. The minimum Gasteiger partial charge on any atom is -0.497 e. The fraction of sp³-hybridized carbons (Fsp3) is 0.391. The first-order valence-corrected chi connectivity index (χ1v) is 12.3. The molecule has 3 rings (SSSR count). The van der Waals surface area contributed by atoms with Crippen molar-refractivity contribution in [1.82, 2.24) is 0 Å². The summed E-state index contributed by atoms with van der Waals surface area (Å²) in [5.41, 5.74) is 5.70. The number of hydrogen-bond donors (Lipinski definition) is 1. The molecule has 1 amide bonds. The number of fused-ring (bicyclic) bond motifs is 1. The summed E-state index contributed by atoms with van der Waals surface area (Å²) >= 11 is 0. The van der Waals surface area contributed by atoms with Crippen LogP contribution in [0.2, 0.25) is 0 Å². The maximum atomic E-state index is 14.8. The number of anilines is 1. The first-order chi connectivity index (χ1) is 16.3. The molecule has 1 aliphatic rings. The Kier molecular flexibility index (Phi) is 7.85. The van der Waals surface area contributed by atoms with Gasteiger partial charge in [0.25, 0.3) is 0 Å². The molecule has 0 spiro atoms. The number of benzene rings is 2. The monoisotopic (exact) mass is 516 g/mol. The largest absolute Gasteiger partial charge is 0.497 e. The van der Waals surface area contributed by atoms with Crippen LogP contribution in [0.25, 0.3) is 0 Å². The van der Waals surface area contributed by atoms with E-state index < -0.39 is 62.2 Å². The highest BCUT2D eigenvalue weighted by Crippen LogP contribution is 2.34. The zero-order valence-electron chi connectivity index (χ0n) is 18.8. The average Bonchev–Trinajstić information content (AvgIpc) is 2.84. The number of halogens is 4. The minimum atomic E-state index is -4.37. The van der Waals surface area contributed by atoms with Gasteiger partial charge in [0, 0.05) is 12.8 Å². The lowest BCUT2D eigenvalue weighted by atomic mass is 10.0. The third-order valence-electron chi connectivity index (χ3n) is 5.57. The molecule has 190 valence electrons. The second kappa shape index (κ2) is 10.3. The van der Waals surface area contributed by atoms with Gasteiger partial charge in [-0.25, -0.2) is 12.8 Å². The molecule has 0 saturated heterocycles. The lowest BCUT2D eigenvalue weighted by molar-refractivity contribution is -0.135. The van der Waals surface area contributed by atoms with Crippen LogP contribution in [0, 0.1) is 5.82 Å². The molecular formula is C23H24F4N2O5S. The Morgan fingerprint density at radius 2 is 1.83 bits per heavy atom. The van der Waals surface area contributed by atoms with E-state index in [0.717, 1.165) is 11.0 Å². The summed E-state index contributed by atoms with van der Waals surface area (Å²) in [6.45, 7) is -0.121. The number of amides is 1. The molecule has 0 unspecified atom stereocenters. The second-order valence-electron chi connectivity index (χ2n) is 8.21. The summed E-state index contributed by atoms with van der Waals surface area (Å²) in [6.07, 6.45) is -6.26. The number of Topliss-reactive ketones (excluding diaryl/α,β-unsaturated/α-hetero) is 1. The van der Waals surface area contributed by atoms with Crippen LogP contribution in [0.1, 0.15) is 41.6 Å². The van der Waals surface area contributed by atoms with E-state index in [9.17, 15) is 35.6 Å². The van der Waals surface area contributed by atoms with Crippen LogP contribution in [-0.4, -0.2) is 45.2 Å². The van der Waals surface area contributed by atoms with E-state index in [2.05, 4.69) is 0 Å². The number of hydrogen-bond acceptors (Lipinski definition) is 6. The fourth-order valence-electron chi connectivity index (χ4n) is 3.76. The molecule has 0 saturated carbocycles. The summed E-state index contributed by atoms with van der Waals surface area (Å²) in [5, 5.41) is 0. The van der Waals surface area contributed by atoms with Crippen LogP contribution in [-0.2, 0) is 21.2 Å². The number of nitrogens with two attached hydrogens (primary N) is 1. The van der Waals surface area contributed by atoms with Crippen molar-refractivity contribution in [1.29, 1.82) is 0 Å². The van der Waals surface area contributed by atoms with Gasteiger partial charge in [-0.3, -0.25) is 9.59 Å². The molecule has 12 heteroatoms. The quantitative estimate of drug-likeness (QED) is 0.325. The summed E-state index contributed by atoms with van der Waals surface area (Å²) in [4.78, 5) is 26.2. The van der Waals surface area contributed by atoms with E-state index in [0.29, 0.717) is 17.4 Å². The Morgan fingerprint density at radius 3 is 2.43 bits per heavy atom. The van der Waals surface area contributed by atoms with Gasteiger partial charge >= 0.3 is 6.18 Å². The third-order valence-corrected chi connectivity index (χ3v) is 7.37. The number of nitrogens with zero attached hydrogens (tertiary/aromatic N) is 1. The maximum absolute atomic E-state index is 14.8. The topological polar surface area (TPSA) is 107 Å². The van der Waals surface area contributed by atoms with Gasteiger partial charge < -0.3 is 15.4 Å². The Bertz CT molecular complexity index is 1210. The Labute approximate surface area is 199 Å². The zero-order valence-corrected chi connectivity index (χ0v) is 19.6. The molecule has 0 aromatic heterocycles. The van der Waals surface area contributed by atoms with Crippen molar-refractivity contribution >= 4 is 27.2 Å². The number of methoxy groups -OCH3 is 1. The summed E-state index contributed by atoms with van der Waals surface area (Å²) in [5.74, 6) is -2.87. The van der Waals surface area contributed by atoms with Crippen LogP contribution in [0.5, 0.6) is 5.75 Å². The van der Waals surface area contributed by atoms with Gasteiger partial charge in [0.05, 0.1) is 41.6 Å². The Balaban J connectivity index is 1.99. The van der Waals surface area contributed by atoms with Crippen molar-refractivity contribution in [3.8, 4) is 5.75 Å². The fourth-order valence-corrected chi connectivity index (χ4v) is 5.32. The first-order valence-electron chi connectivity index (χ1n) is 10.7. The molecule has 2 aromatic rings. The Morgan fingerprint density at radius 1 is 1.17 bits per heavy atom. The number of sulfone groups is 1. The van der Waals surface area contributed by atoms with Crippen molar-refractivity contribution in [2.45, 2.75) is 49.3 Å². The molecule has 0 fully saturated rings. The van der Waals surface area contributed by atoms with Gasteiger partial charge in [0.15, 0.2) is 15.6 Å². The number of ether oxygens (including phenoxy) is 1. The molecule has 0 aliphatic carbocycles. The van der Waals surface area contributed by atoms with Crippen LogP contribution in [0.4, 0.5) is 23.2 Å². The molecule has 1 aliphatic heterocycles. The molecule has 35 heavy (non-hydrogen) atoms. The third kappa shape index (κ3) is 6.37. The molecule has 7 nitrogen and oxygen atoms in total. The normalized spacial score (nSPS) is 17.6. The highest BCUT2D eigenvalue weighted by atomic mass is 32.2. The van der Waals surface area contributed by atoms with Gasteiger partial charge in [-0.1, -0.05) is 12.1 Å². The van der Waals surface area contributed by atoms with E-state index in [4.69, 9.17) is 10.5 Å². The van der Waals surface area contributed by atoms with Crippen LogP contribution < -0.4 is 15.4 Å². The zero-order chi connectivity index (χ0) is 26.0. The van der Waals surface area contributed by atoms with Crippen molar-refractivity contribution in [2.75, 3.05) is 17.8 Å². The van der Waals surface area contributed by atoms with Gasteiger partial charge in [0.2, 0.25) is 5.91 Å². The Hall–Kier alpha value is -2.99. The molecular weight excluding hydrogens is 492 g/mol. The van der Waals surface area contributed by atoms with E-state index in [-0.39, 0.29) is 31.5 Å². The van der Waals surface area contributed by atoms with Crippen molar-refractivity contribution in [3.05, 3.63) is 53.3 Å². The average molecular weight is 517 g/mol. The lowest BCUT2D eigenvalue weighted by Gasteiger charge is -2.25. The number of rotatable bonds is 8. The molecule has 1 heterocycles. The summed E-state index contributed by atoms with van der Waals surface area (Å²) < 4.78 is 82.6. The number of alkyl halides is 3. The first kappa shape index (κ1) is 26.6. The van der Waals surface area contributed by atoms with Crippen LogP contribution in [0.15, 0.2) is 41.3 Å². The predicted molar refractivity (Wildman–Crippen MR) is 119 cm³/mol. The smallest absolute Gasteiger partial charge is 0.389 e. The van der Waals surface area contributed by atoms with Gasteiger partial charge in [-0.05, 0) is 42.7 Å². The van der Waals surface area contributed by atoms with E-state index in [1.807, 2.05) is 0 Å². The SMILES string of the molecule is COc1ccc(CN2C(=O)[C@@H](N)CS(=O)(=O)c3cc(F)c(C(=O)CCCCC(F)(F)F)cc32)cc1. The number of carbonyl (C=O) groups is 2. The maximum Gasteiger partial charge on any atom is 0.389 e. The predicted octanol–water partition coefficient (Wildman–Crippen LogP) is 3.79. The van der Waals surface area contributed by atoms with Gasteiger partial charge in [-0.15, -0.1) is 0 Å². The van der Waals surface area contributed by atoms with Crippen LogP contribution in [0.3, 0.4) is 0 Å². The molecule has 1 atom stereocenters. The lowest BCUT2D eigenvalue weighted by Crippen LogP contribution is -2.45. The minimum absolute atomic E-state index is 0.121. The summed E-state index contributed by atoms with van der Waals surface area (Å²) in [7, 11) is -2.71.